The topological polar surface area (TPSA) is 117 Å². The summed E-state index contributed by atoms with van der Waals surface area (Å²) in [6.07, 6.45) is 2.19. The number of benzene rings is 1. The molecule has 0 aliphatic heterocycles. The van der Waals surface area contributed by atoms with E-state index in [0.29, 0.717) is 24.8 Å². The number of carbonyl (C=O) groups excluding carboxylic acids is 4. The number of ether oxygens (including phenoxy) is 4. The Kier molecular flexibility index (Phi) is 13.0. The van der Waals surface area contributed by atoms with Gasteiger partial charge in [-0.25, -0.2) is 0 Å². The molecule has 1 aromatic rings. The number of nitrogens with one attached hydrogen (secondary N) is 1. The van der Waals surface area contributed by atoms with Gasteiger partial charge in [-0.3, -0.25) is 19.2 Å². The van der Waals surface area contributed by atoms with Crippen LogP contribution in [0.4, 0.5) is 0 Å². The third kappa shape index (κ3) is 12.4. The summed E-state index contributed by atoms with van der Waals surface area (Å²) in [6.45, 7) is 9.91. The van der Waals surface area contributed by atoms with Crippen molar-refractivity contribution in [2.24, 2.45) is 5.41 Å². The van der Waals surface area contributed by atoms with Gasteiger partial charge in [-0.05, 0) is 42.4 Å². The Labute approximate surface area is 207 Å². The van der Waals surface area contributed by atoms with E-state index < -0.39 is 23.9 Å². The monoisotopic (exact) mass is 493 g/mol. The van der Waals surface area contributed by atoms with Crippen molar-refractivity contribution in [1.82, 2.24) is 5.32 Å². The quantitative estimate of drug-likeness (QED) is 0.235. The van der Waals surface area contributed by atoms with Gasteiger partial charge in [-0.2, -0.15) is 0 Å². The van der Waals surface area contributed by atoms with E-state index in [2.05, 4.69) is 5.32 Å². The molecule has 0 aromatic heterocycles. The van der Waals surface area contributed by atoms with Gasteiger partial charge in [0.2, 0.25) is 0 Å². The SMILES string of the molecule is CCCC(=O)Oc1ccc(C[C@H](NCCOC(=O)CC(C)(C)C)C(=O)OC)cc1OC(=O)CCC. The molecule has 0 bridgehead atoms. The zero-order valence-electron chi connectivity index (χ0n) is 21.7. The number of hydrogen-bond acceptors (Lipinski definition) is 9. The van der Waals surface area contributed by atoms with E-state index in [1.807, 2.05) is 34.6 Å². The molecule has 0 unspecified atom stereocenters. The molecule has 1 atom stereocenters. The van der Waals surface area contributed by atoms with E-state index in [1.165, 1.54) is 7.11 Å². The van der Waals surface area contributed by atoms with Gasteiger partial charge in [0.15, 0.2) is 11.5 Å². The molecular formula is C26H39NO8. The fourth-order valence-corrected chi connectivity index (χ4v) is 3.10. The summed E-state index contributed by atoms with van der Waals surface area (Å²) in [5.74, 6) is -1.41. The van der Waals surface area contributed by atoms with E-state index in [9.17, 15) is 19.2 Å². The standard InChI is InChI=1S/C26H39NO8/c1-7-9-22(28)34-20-12-11-18(16-21(20)35-23(29)10-8-2)15-19(25(31)32-6)27-13-14-33-24(30)17-26(3,4)5/h11-12,16,19,27H,7-10,13-15,17H2,1-6H3/t19-/m0/s1. The third-order valence-electron chi connectivity index (χ3n) is 4.72. The van der Waals surface area contributed by atoms with Crippen LogP contribution in [-0.4, -0.2) is 50.2 Å². The molecule has 196 valence electrons. The molecule has 35 heavy (non-hydrogen) atoms. The van der Waals surface area contributed by atoms with E-state index in [4.69, 9.17) is 18.9 Å². The molecule has 0 aliphatic rings. The van der Waals surface area contributed by atoms with Crippen molar-refractivity contribution >= 4 is 23.9 Å². The van der Waals surface area contributed by atoms with Crippen molar-refractivity contribution in [2.75, 3.05) is 20.3 Å². The third-order valence-corrected chi connectivity index (χ3v) is 4.72. The first-order chi connectivity index (χ1) is 16.5. The number of hydrogen-bond donors (Lipinski definition) is 1. The van der Waals surface area contributed by atoms with Gasteiger partial charge in [0.1, 0.15) is 12.6 Å². The first-order valence-electron chi connectivity index (χ1n) is 12.0. The molecule has 0 saturated heterocycles. The van der Waals surface area contributed by atoms with Crippen LogP contribution in [0.15, 0.2) is 18.2 Å². The van der Waals surface area contributed by atoms with Crippen LogP contribution in [-0.2, 0) is 35.1 Å². The minimum absolute atomic E-state index is 0.106. The van der Waals surface area contributed by atoms with E-state index in [-0.39, 0.29) is 55.3 Å². The summed E-state index contributed by atoms with van der Waals surface area (Å²) in [5, 5.41) is 3.04. The Morgan fingerprint density at radius 3 is 2.06 bits per heavy atom. The molecule has 1 N–H and O–H groups in total. The van der Waals surface area contributed by atoms with Gasteiger partial charge in [0.25, 0.3) is 0 Å². The maximum absolute atomic E-state index is 12.3. The van der Waals surface area contributed by atoms with Crippen LogP contribution in [0, 0.1) is 5.41 Å². The first-order valence-corrected chi connectivity index (χ1v) is 12.0. The summed E-state index contributed by atoms with van der Waals surface area (Å²) in [7, 11) is 1.29. The molecule has 9 nitrogen and oxygen atoms in total. The summed E-state index contributed by atoms with van der Waals surface area (Å²) < 4.78 is 20.9. The second-order valence-corrected chi connectivity index (χ2v) is 9.42. The highest BCUT2D eigenvalue weighted by Crippen LogP contribution is 2.30. The van der Waals surface area contributed by atoms with Gasteiger partial charge in [0, 0.05) is 19.4 Å². The normalized spacial score (nSPS) is 11.9. The van der Waals surface area contributed by atoms with Gasteiger partial charge in [-0.15, -0.1) is 0 Å². The Morgan fingerprint density at radius 2 is 1.51 bits per heavy atom. The van der Waals surface area contributed by atoms with Crippen molar-refractivity contribution in [3.63, 3.8) is 0 Å². The van der Waals surface area contributed by atoms with Crippen LogP contribution < -0.4 is 14.8 Å². The number of esters is 4. The van der Waals surface area contributed by atoms with Gasteiger partial charge in [0.05, 0.1) is 13.5 Å². The lowest BCUT2D eigenvalue weighted by Crippen LogP contribution is -2.41. The summed E-state index contributed by atoms with van der Waals surface area (Å²) in [5.41, 5.74) is 0.487. The van der Waals surface area contributed by atoms with E-state index in [1.54, 1.807) is 18.2 Å². The van der Waals surface area contributed by atoms with Crippen LogP contribution >= 0.6 is 0 Å². The second-order valence-electron chi connectivity index (χ2n) is 9.42. The second kappa shape index (κ2) is 15.1. The van der Waals surface area contributed by atoms with Crippen LogP contribution in [0.5, 0.6) is 11.5 Å². The molecule has 0 spiro atoms. The highest BCUT2D eigenvalue weighted by atomic mass is 16.6. The minimum Gasteiger partial charge on any atom is -0.468 e. The van der Waals surface area contributed by atoms with Gasteiger partial charge < -0.3 is 24.3 Å². The largest absolute Gasteiger partial charge is 0.468 e. The van der Waals surface area contributed by atoms with Crippen molar-refractivity contribution < 1.29 is 38.1 Å². The Morgan fingerprint density at radius 1 is 0.914 bits per heavy atom. The zero-order valence-corrected chi connectivity index (χ0v) is 21.7. The molecule has 0 amide bonds. The molecular weight excluding hydrogens is 454 g/mol. The molecule has 0 fully saturated rings. The molecule has 0 heterocycles. The van der Waals surface area contributed by atoms with Crippen LogP contribution in [0.2, 0.25) is 0 Å². The zero-order chi connectivity index (χ0) is 26.4. The van der Waals surface area contributed by atoms with Gasteiger partial charge >= 0.3 is 23.9 Å². The van der Waals surface area contributed by atoms with Crippen LogP contribution in [0.3, 0.4) is 0 Å². The fraction of sp³-hybridized carbons (Fsp3) is 0.615. The summed E-state index contributed by atoms with van der Waals surface area (Å²) in [6, 6.07) is 4.07. The summed E-state index contributed by atoms with van der Waals surface area (Å²) >= 11 is 0. The van der Waals surface area contributed by atoms with E-state index >= 15 is 0 Å². The predicted octanol–water partition coefficient (Wildman–Crippen LogP) is 3.75. The Hall–Kier alpha value is -2.94. The molecule has 1 rings (SSSR count). The number of methoxy groups -OCH3 is 1. The molecule has 0 radical (unpaired) electrons. The number of rotatable bonds is 14. The lowest BCUT2D eigenvalue weighted by molar-refractivity contribution is -0.145. The van der Waals surface area contributed by atoms with Crippen molar-refractivity contribution in [2.45, 2.75) is 79.2 Å². The molecule has 1 aromatic carbocycles. The smallest absolute Gasteiger partial charge is 0.323 e. The van der Waals surface area contributed by atoms with E-state index in [0.717, 1.165) is 0 Å². The Balaban J connectivity index is 2.91. The summed E-state index contributed by atoms with van der Waals surface area (Å²) in [4.78, 5) is 48.3. The lowest BCUT2D eigenvalue weighted by atomic mass is 9.93. The lowest BCUT2D eigenvalue weighted by Gasteiger charge is -2.19. The van der Waals surface area contributed by atoms with Gasteiger partial charge in [-0.1, -0.05) is 40.7 Å². The molecule has 9 heteroatoms. The maximum atomic E-state index is 12.3. The fourth-order valence-electron chi connectivity index (χ4n) is 3.10. The average Bonchev–Trinajstić information content (AvgIpc) is 2.76. The minimum atomic E-state index is -0.728. The van der Waals surface area contributed by atoms with Crippen LogP contribution in [0.25, 0.3) is 0 Å². The highest BCUT2D eigenvalue weighted by molar-refractivity contribution is 5.77. The first kappa shape index (κ1) is 30.1. The van der Waals surface area contributed by atoms with Crippen molar-refractivity contribution in [1.29, 1.82) is 0 Å². The highest BCUT2D eigenvalue weighted by Gasteiger charge is 2.22. The van der Waals surface area contributed by atoms with Crippen molar-refractivity contribution in [3.8, 4) is 11.5 Å². The van der Waals surface area contributed by atoms with Crippen LogP contribution in [0.1, 0.15) is 72.3 Å². The molecule has 0 aliphatic carbocycles. The molecule has 0 saturated carbocycles. The average molecular weight is 494 g/mol. The maximum Gasteiger partial charge on any atom is 0.323 e. The van der Waals surface area contributed by atoms with Crippen molar-refractivity contribution in [3.05, 3.63) is 23.8 Å². The predicted molar refractivity (Wildman–Crippen MR) is 130 cm³/mol. The Bertz CT molecular complexity index is 859. The number of carbonyl (C=O) groups is 4.